The number of ether oxygens (including phenoxy) is 2. The molecule has 0 saturated heterocycles. The Bertz CT molecular complexity index is 439. The molecular formula is C14H19BrF3NO2. The number of hydrogen-bond donors (Lipinski definition) is 1. The zero-order chi connectivity index (χ0) is 15.9. The van der Waals surface area contributed by atoms with Gasteiger partial charge in [0.15, 0.2) is 0 Å². The highest BCUT2D eigenvalue weighted by Gasteiger charge is 2.27. The van der Waals surface area contributed by atoms with Gasteiger partial charge in [-0.1, -0.05) is 15.9 Å². The Hall–Kier alpha value is -0.790. The van der Waals surface area contributed by atoms with Crippen LogP contribution in [-0.4, -0.2) is 32.0 Å². The van der Waals surface area contributed by atoms with Crippen molar-refractivity contribution < 1.29 is 22.6 Å². The van der Waals surface area contributed by atoms with Gasteiger partial charge in [-0.2, -0.15) is 13.2 Å². The van der Waals surface area contributed by atoms with Crippen LogP contribution in [0.25, 0.3) is 0 Å². The number of halogens is 4. The highest BCUT2D eigenvalue weighted by Crippen LogP contribution is 2.23. The van der Waals surface area contributed by atoms with Gasteiger partial charge in [0.05, 0.1) is 13.2 Å². The van der Waals surface area contributed by atoms with Crippen molar-refractivity contribution in [1.82, 2.24) is 0 Å². The molecule has 0 aromatic heterocycles. The standard InChI is InChI=1S/C14H19BrF3NO2/c1-10(19)7-11-8-12(3-4-13(11)15)21-6-2-5-20-9-14(16,17)18/h3-4,8,10H,2,5-7,9,19H2,1H3. The minimum Gasteiger partial charge on any atom is -0.493 e. The lowest BCUT2D eigenvalue weighted by Gasteiger charge is -2.12. The summed E-state index contributed by atoms with van der Waals surface area (Å²) in [5, 5.41) is 0. The summed E-state index contributed by atoms with van der Waals surface area (Å²) in [7, 11) is 0. The first-order valence-electron chi connectivity index (χ1n) is 6.59. The lowest BCUT2D eigenvalue weighted by Crippen LogP contribution is -2.18. The summed E-state index contributed by atoms with van der Waals surface area (Å²) in [6.07, 6.45) is -3.17. The summed E-state index contributed by atoms with van der Waals surface area (Å²) in [6.45, 7) is 1.02. The van der Waals surface area contributed by atoms with Gasteiger partial charge in [0.25, 0.3) is 0 Å². The Morgan fingerprint density at radius 1 is 1.29 bits per heavy atom. The second-order valence-electron chi connectivity index (χ2n) is 4.80. The van der Waals surface area contributed by atoms with Gasteiger partial charge in [-0.25, -0.2) is 0 Å². The number of alkyl halides is 3. The highest BCUT2D eigenvalue weighted by atomic mass is 79.9. The fraction of sp³-hybridized carbons (Fsp3) is 0.571. The summed E-state index contributed by atoms with van der Waals surface area (Å²) >= 11 is 3.44. The van der Waals surface area contributed by atoms with E-state index in [0.717, 1.165) is 10.0 Å². The van der Waals surface area contributed by atoms with E-state index in [1.54, 1.807) is 6.07 Å². The molecule has 1 aromatic rings. The average molecular weight is 370 g/mol. The van der Waals surface area contributed by atoms with Crippen molar-refractivity contribution in [3.05, 3.63) is 28.2 Å². The van der Waals surface area contributed by atoms with Crippen molar-refractivity contribution in [1.29, 1.82) is 0 Å². The first-order valence-corrected chi connectivity index (χ1v) is 7.38. The second-order valence-corrected chi connectivity index (χ2v) is 5.66. The van der Waals surface area contributed by atoms with Crippen LogP contribution in [0.4, 0.5) is 13.2 Å². The molecule has 2 N–H and O–H groups in total. The number of rotatable bonds is 8. The van der Waals surface area contributed by atoms with E-state index in [9.17, 15) is 13.2 Å². The van der Waals surface area contributed by atoms with Crippen LogP contribution < -0.4 is 10.5 Å². The molecule has 120 valence electrons. The van der Waals surface area contributed by atoms with Crippen molar-refractivity contribution in [2.45, 2.75) is 32.0 Å². The van der Waals surface area contributed by atoms with Gasteiger partial charge < -0.3 is 15.2 Å². The summed E-state index contributed by atoms with van der Waals surface area (Å²) < 4.78 is 46.5. The van der Waals surface area contributed by atoms with Gasteiger partial charge in [0.2, 0.25) is 0 Å². The largest absolute Gasteiger partial charge is 0.493 e. The van der Waals surface area contributed by atoms with E-state index < -0.39 is 12.8 Å². The second kappa shape index (κ2) is 8.60. The van der Waals surface area contributed by atoms with Crippen LogP contribution >= 0.6 is 15.9 Å². The number of hydrogen-bond acceptors (Lipinski definition) is 3. The lowest BCUT2D eigenvalue weighted by atomic mass is 10.1. The molecule has 0 spiro atoms. The highest BCUT2D eigenvalue weighted by molar-refractivity contribution is 9.10. The summed E-state index contributed by atoms with van der Waals surface area (Å²) in [4.78, 5) is 0. The van der Waals surface area contributed by atoms with Crippen LogP contribution in [0.15, 0.2) is 22.7 Å². The maximum atomic E-state index is 11.8. The Labute approximate surface area is 130 Å². The SMILES string of the molecule is CC(N)Cc1cc(OCCCOCC(F)(F)F)ccc1Br. The topological polar surface area (TPSA) is 44.5 Å². The lowest BCUT2D eigenvalue weighted by molar-refractivity contribution is -0.174. The maximum absolute atomic E-state index is 11.8. The molecule has 1 unspecified atom stereocenters. The molecule has 1 rings (SSSR count). The molecule has 7 heteroatoms. The van der Waals surface area contributed by atoms with Crippen LogP contribution in [0.1, 0.15) is 18.9 Å². The predicted octanol–water partition coefficient (Wildman–Crippen LogP) is 3.69. The van der Waals surface area contributed by atoms with Crippen LogP contribution in [0.3, 0.4) is 0 Å². The normalized spacial score (nSPS) is 13.2. The molecule has 1 atom stereocenters. The van der Waals surface area contributed by atoms with E-state index in [2.05, 4.69) is 20.7 Å². The predicted molar refractivity (Wildman–Crippen MR) is 78.5 cm³/mol. The van der Waals surface area contributed by atoms with Crippen molar-refractivity contribution in [3.8, 4) is 5.75 Å². The summed E-state index contributed by atoms with van der Waals surface area (Å²) in [6, 6.07) is 5.58. The molecule has 0 aliphatic carbocycles. The zero-order valence-electron chi connectivity index (χ0n) is 11.8. The van der Waals surface area contributed by atoms with Crippen molar-refractivity contribution in [3.63, 3.8) is 0 Å². The molecule has 21 heavy (non-hydrogen) atoms. The van der Waals surface area contributed by atoms with Crippen LogP contribution in [0.2, 0.25) is 0 Å². The van der Waals surface area contributed by atoms with Crippen LogP contribution in [0, 0.1) is 0 Å². The quantitative estimate of drug-likeness (QED) is 0.710. The summed E-state index contributed by atoms with van der Waals surface area (Å²) in [5.74, 6) is 0.671. The fourth-order valence-electron chi connectivity index (χ4n) is 1.68. The first-order chi connectivity index (χ1) is 9.78. The minimum absolute atomic E-state index is 0.0166. The fourth-order valence-corrected chi connectivity index (χ4v) is 2.09. The first kappa shape index (κ1) is 18.3. The third kappa shape index (κ3) is 8.28. The van der Waals surface area contributed by atoms with E-state index in [0.29, 0.717) is 25.2 Å². The van der Waals surface area contributed by atoms with Gasteiger partial charge in [-0.3, -0.25) is 0 Å². The third-order valence-corrected chi connectivity index (χ3v) is 3.30. The average Bonchev–Trinajstić information content (AvgIpc) is 2.35. The molecular weight excluding hydrogens is 351 g/mol. The molecule has 1 aromatic carbocycles. The van der Waals surface area contributed by atoms with E-state index in [1.165, 1.54) is 0 Å². The van der Waals surface area contributed by atoms with Gasteiger partial charge in [0.1, 0.15) is 12.4 Å². The van der Waals surface area contributed by atoms with Gasteiger partial charge in [-0.05, 0) is 37.1 Å². The number of nitrogens with two attached hydrogens (primary N) is 1. The van der Waals surface area contributed by atoms with E-state index in [1.807, 2.05) is 19.1 Å². The van der Waals surface area contributed by atoms with Gasteiger partial charge in [-0.15, -0.1) is 0 Å². The van der Waals surface area contributed by atoms with Crippen LogP contribution in [-0.2, 0) is 11.2 Å². The van der Waals surface area contributed by atoms with E-state index >= 15 is 0 Å². The maximum Gasteiger partial charge on any atom is 0.411 e. The minimum atomic E-state index is -4.28. The molecule has 0 amide bonds. The van der Waals surface area contributed by atoms with Crippen LogP contribution in [0.5, 0.6) is 5.75 Å². The molecule has 3 nitrogen and oxygen atoms in total. The molecule has 0 aliphatic rings. The van der Waals surface area contributed by atoms with Gasteiger partial charge in [0, 0.05) is 16.9 Å². The third-order valence-electron chi connectivity index (χ3n) is 2.53. The Kier molecular flexibility index (Phi) is 7.48. The van der Waals surface area contributed by atoms with Gasteiger partial charge >= 0.3 is 6.18 Å². The van der Waals surface area contributed by atoms with Crippen molar-refractivity contribution >= 4 is 15.9 Å². The molecule has 0 aliphatic heterocycles. The zero-order valence-corrected chi connectivity index (χ0v) is 13.3. The monoisotopic (exact) mass is 369 g/mol. The Balaban J connectivity index is 2.32. The number of benzene rings is 1. The molecule has 0 bridgehead atoms. The summed E-state index contributed by atoms with van der Waals surface area (Å²) in [5.41, 5.74) is 6.80. The molecule has 0 radical (unpaired) electrons. The molecule has 0 heterocycles. The van der Waals surface area contributed by atoms with E-state index in [4.69, 9.17) is 10.5 Å². The molecule has 0 fully saturated rings. The Morgan fingerprint density at radius 2 is 2.00 bits per heavy atom. The van der Waals surface area contributed by atoms with E-state index in [-0.39, 0.29) is 12.6 Å². The van der Waals surface area contributed by atoms with Crippen molar-refractivity contribution in [2.75, 3.05) is 19.8 Å². The smallest absolute Gasteiger partial charge is 0.411 e. The Morgan fingerprint density at radius 3 is 2.62 bits per heavy atom. The van der Waals surface area contributed by atoms with Crippen molar-refractivity contribution in [2.24, 2.45) is 5.73 Å². The molecule has 0 saturated carbocycles.